The molecule has 108 valence electrons. The minimum Gasteiger partial charge on any atom is -0.396 e. The monoisotopic (exact) mass is 311 g/mol. The highest BCUT2D eigenvalue weighted by Gasteiger charge is 2.39. The van der Waals surface area contributed by atoms with Gasteiger partial charge < -0.3 is 5.11 Å². The minimum absolute atomic E-state index is 0.0163. The number of thioether (sulfide) groups is 1. The first-order valence-corrected chi connectivity index (χ1v) is 8.30. The van der Waals surface area contributed by atoms with E-state index in [-0.39, 0.29) is 24.3 Å². The van der Waals surface area contributed by atoms with Crippen molar-refractivity contribution >= 4 is 40.5 Å². The molecule has 1 aromatic rings. The van der Waals surface area contributed by atoms with E-state index in [1.54, 1.807) is 0 Å². The first-order valence-electron chi connectivity index (χ1n) is 6.44. The summed E-state index contributed by atoms with van der Waals surface area (Å²) in [4.78, 5) is 27.5. The zero-order chi connectivity index (χ0) is 14.7. The Morgan fingerprint density at radius 1 is 1.35 bits per heavy atom. The maximum absolute atomic E-state index is 12.5. The van der Waals surface area contributed by atoms with E-state index >= 15 is 0 Å². The Bertz CT molecular complexity index is 535. The lowest BCUT2D eigenvalue weighted by atomic mass is 10.2. The smallest absolute Gasteiger partial charge is 0.268 e. The molecule has 20 heavy (non-hydrogen) atoms. The molecule has 2 amide bonds. The molecule has 0 spiro atoms. The minimum atomic E-state index is -0.231. The summed E-state index contributed by atoms with van der Waals surface area (Å²) in [5.41, 5.74) is 0.490. The number of hydrogen-bond donors (Lipinski definition) is 1. The summed E-state index contributed by atoms with van der Waals surface area (Å²) in [5, 5.41) is 10.8. The van der Waals surface area contributed by atoms with Gasteiger partial charge in [0, 0.05) is 17.2 Å². The average Bonchev–Trinajstić information content (AvgIpc) is 2.98. The van der Waals surface area contributed by atoms with Gasteiger partial charge in [-0.2, -0.15) is 0 Å². The van der Waals surface area contributed by atoms with Crippen LogP contribution in [0.25, 0.3) is 5.57 Å². The van der Waals surface area contributed by atoms with Gasteiger partial charge in [0.2, 0.25) is 0 Å². The fourth-order valence-electron chi connectivity index (χ4n) is 2.00. The third-order valence-electron chi connectivity index (χ3n) is 2.78. The van der Waals surface area contributed by atoms with Crippen LogP contribution in [-0.2, 0) is 9.59 Å². The molecule has 0 saturated carbocycles. The van der Waals surface area contributed by atoms with Gasteiger partial charge in [0.25, 0.3) is 11.8 Å². The highest BCUT2D eigenvalue weighted by atomic mass is 32.2. The third kappa shape index (κ3) is 2.97. The lowest BCUT2D eigenvalue weighted by Gasteiger charge is -2.17. The quantitative estimate of drug-likeness (QED) is 0.818. The molecule has 2 heterocycles. The molecule has 1 N–H and O–H groups in total. The van der Waals surface area contributed by atoms with Crippen LogP contribution in [-0.4, -0.2) is 40.7 Å². The van der Waals surface area contributed by atoms with Gasteiger partial charge in [-0.1, -0.05) is 19.9 Å². The highest BCUT2D eigenvalue weighted by molar-refractivity contribution is 8.04. The number of thiophene rings is 1. The molecule has 0 atom stereocenters. The van der Waals surface area contributed by atoms with Gasteiger partial charge in [0.1, 0.15) is 0 Å². The highest BCUT2D eigenvalue weighted by Crippen LogP contribution is 2.37. The van der Waals surface area contributed by atoms with Gasteiger partial charge >= 0.3 is 0 Å². The second-order valence-electron chi connectivity index (χ2n) is 4.87. The first kappa shape index (κ1) is 15.3. The van der Waals surface area contributed by atoms with E-state index in [0.717, 1.165) is 4.88 Å². The Morgan fingerprint density at radius 2 is 2.10 bits per heavy atom. The van der Waals surface area contributed by atoms with Crippen molar-refractivity contribution in [2.45, 2.75) is 13.8 Å². The summed E-state index contributed by atoms with van der Waals surface area (Å²) in [5.74, 6) is 0.200. The molecule has 0 aromatic carbocycles. The van der Waals surface area contributed by atoms with Crippen molar-refractivity contribution in [3.05, 3.63) is 27.3 Å². The van der Waals surface area contributed by atoms with Gasteiger partial charge in [0.05, 0.1) is 17.1 Å². The van der Waals surface area contributed by atoms with Crippen molar-refractivity contribution in [2.75, 3.05) is 18.9 Å². The number of carbonyl (C=O) groups excluding carboxylic acids is 2. The lowest BCUT2D eigenvalue weighted by molar-refractivity contribution is -0.137. The van der Waals surface area contributed by atoms with Crippen LogP contribution in [0, 0.1) is 5.92 Å². The molecule has 0 radical (unpaired) electrons. The molecule has 0 saturated heterocycles. The Kier molecular flexibility index (Phi) is 5.01. The average molecular weight is 311 g/mol. The second kappa shape index (κ2) is 6.56. The van der Waals surface area contributed by atoms with E-state index in [1.807, 2.05) is 31.4 Å². The molecule has 0 bridgehead atoms. The molecule has 0 aliphatic carbocycles. The van der Waals surface area contributed by atoms with E-state index < -0.39 is 0 Å². The standard InChI is InChI=1S/C14H17NO3S2/c1-9(2)8-15-13(17)11(10-4-3-6-19-10)12(14(15)18)20-7-5-16/h3-4,6,9,16H,5,7-8H2,1-2H3. The predicted molar refractivity (Wildman–Crippen MR) is 82.3 cm³/mol. The van der Waals surface area contributed by atoms with E-state index in [1.165, 1.54) is 28.0 Å². The van der Waals surface area contributed by atoms with E-state index in [9.17, 15) is 9.59 Å². The van der Waals surface area contributed by atoms with Crippen LogP contribution >= 0.6 is 23.1 Å². The van der Waals surface area contributed by atoms with Crippen molar-refractivity contribution in [1.82, 2.24) is 4.90 Å². The van der Waals surface area contributed by atoms with Crippen LogP contribution in [0.3, 0.4) is 0 Å². The summed E-state index contributed by atoms with van der Waals surface area (Å²) >= 11 is 2.71. The van der Waals surface area contributed by atoms with Gasteiger partial charge in [-0.25, -0.2) is 0 Å². The number of imide groups is 1. The number of rotatable bonds is 6. The second-order valence-corrected chi connectivity index (χ2v) is 6.92. The largest absolute Gasteiger partial charge is 0.396 e. The normalized spacial score (nSPS) is 15.9. The number of aliphatic hydroxyl groups is 1. The Balaban J connectivity index is 2.36. The summed E-state index contributed by atoms with van der Waals surface area (Å²) < 4.78 is 0. The predicted octanol–water partition coefficient (Wildman–Crippen LogP) is 2.21. The van der Waals surface area contributed by atoms with Gasteiger partial charge in [-0.3, -0.25) is 14.5 Å². The molecule has 1 aliphatic rings. The van der Waals surface area contributed by atoms with Crippen LogP contribution in [0.5, 0.6) is 0 Å². The van der Waals surface area contributed by atoms with Crippen molar-refractivity contribution in [3.63, 3.8) is 0 Å². The van der Waals surface area contributed by atoms with Crippen LogP contribution < -0.4 is 0 Å². The summed E-state index contributed by atoms with van der Waals surface area (Å²) in [6.07, 6.45) is 0. The lowest BCUT2D eigenvalue weighted by Crippen LogP contribution is -2.34. The van der Waals surface area contributed by atoms with Crippen molar-refractivity contribution in [2.24, 2.45) is 5.92 Å². The Morgan fingerprint density at radius 3 is 2.65 bits per heavy atom. The molecular formula is C14H17NO3S2. The SMILES string of the molecule is CC(C)CN1C(=O)C(SCCO)=C(c2cccs2)C1=O. The Labute approximate surface area is 126 Å². The molecule has 1 aliphatic heterocycles. The Hall–Kier alpha value is -1.11. The van der Waals surface area contributed by atoms with Crippen molar-refractivity contribution in [1.29, 1.82) is 0 Å². The molecule has 1 aromatic heterocycles. The zero-order valence-electron chi connectivity index (χ0n) is 11.5. The topological polar surface area (TPSA) is 57.6 Å². The molecule has 6 heteroatoms. The van der Waals surface area contributed by atoms with Gasteiger partial charge in [0.15, 0.2) is 0 Å². The van der Waals surface area contributed by atoms with Crippen LogP contribution in [0.15, 0.2) is 22.4 Å². The molecule has 2 rings (SSSR count). The van der Waals surface area contributed by atoms with Gasteiger partial charge in [-0.05, 0) is 17.4 Å². The molecular weight excluding hydrogens is 294 g/mol. The summed E-state index contributed by atoms with van der Waals surface area (Å²) in [6.45, 7) is 4.36. The van der Waals surface area contributed by atoms with Crippen molar-refractivity contribution < 1.29 is 14.7 Å². The number of nitrogens with zero attached hydrogens (tertiary/aromatic N) is 1. The molecule has 4 nitrogen and oxygen atoms in total. The first-order chi connectivity index (χ1) is 9.56. The molecule has 0 unspecified atom stereocenters. The zero-order valence-corrected chi connectivity index (χ0v) is 13.1. The van der Waals surface area contributed by atoms with Crippen molar-refractivity contribution in [3.8, 4) is 0 Å². The van der Waals surface area contributed by atoms with E-state index in [2.05, 4.69) is 0 Å². The fraction of sp³-hybridized carbons (Fsp3) is 0.429. The number of hydrogen-bond acceptors (Lipinski definition) is 5. The van der Waals surface area contributed by atoms with Crippen LogP contribution in [0.2, 0.25) is 0 Å². The number of amides is 2. The van der Waals surface area contributed by atoms with Crippen LogP contribution in [0.1, 0.15) is 18.7 Å². The van der Waals surface area contributed by atoms with E-state index in [0.29, 0.717) is 22.8 Å². The number of carbonyl (C=O) groups is 2. The molecule has 0 fully saturated rings. The summed E-state index contributed by atoms with van der Waals surface area (Å²) in [7, 11) is 0. The number of aliphatic hydroxyl groups excluding tert-OH is 1. The summed E-state index contributed by atoms with van der Waals surface area (Å²) in [6, 6.07) is 3.72. The maximum atomic E-state index is 12.5. The van der Waals surface area contributed by atoms with Gasteiger partial charge in [-0.15, -0.1) is 23.1 Å². The third-order valence-corrected chi connectivity index (χ3v) is 4.72. The maximum Gasteiger partial charge on any atom is 0.268 e. The fourth-order valence-corrected chi connectivity index (χ4v) is 3.71. The van der Waals surface area contributed by atoms with Crippen LogP contribution in [0.4, 0.5) is 0 Å². The van der Waals surface area contributed by atoms with E-state index in [4.69, 9.17) is 5.11 Å².